The lowest BCUT2D eigenvalue weighted by molar-refractivity contribution is -0.288. The Balaban J connectivity index is 0.875. The van der Waals surface area contributed by atoms with Gasteiger partial charge in [-0.25, -0.2) is 0 Å². The van der Waals surface area contributed by atoms with Gasteiger partial charge >= 0.3 is 12.4 Å². The predicted octanol–water partition coefficient (Wildman–Crippen LogP) is 13.8. The highest BCUT2D eigenvalue weighted by Gasteiger charge is 2.72. The van der Waals surface area contributed by atoms with Crippen molar-refractivity contribution in [2.24, 2.45) is 0 Å². The van der Waals surface area contributed by atoms with Gasteiger partial charge in [0.25, 0.3) is 11.8 Å². The summed E-state index contributed by atoms with van der Waals surface area (Å²) >= 11 is 0. The number of carbonyl (C=O) groups excluding carboxylic acids is 2. The van der Waals surface area contributed by atoms with Crippen LogP contribution >= 0.6 is 0 Å². The zero-order valence-corrected chi connectivity index (χ0v) is 34.0. The van der Waals surface area contributed by atoms with Crippen LogP contribution in [0.4, 0.5) is 37.7 Å². The van der Waals surface area contributed by atoms with E-state index in [4.69, 9.17) is 0 Å². The Labute approximate surface area is 367 Å². The SMILES string of the molecule is O=C(Nc1ccc(-n2c3ccccc3c3ccccc32)cc1)c1ccc(C(c2ccc(C(=O)Nc3ccc(-n4c5ccccc5c5ccccc54)cc3)cc2)(C(F)(F)F)C(F)(F)F)cc1. The second-order valence-electron chi connectivity index (χ2n) is 15.6. The van der Waals surface area contributed by atoms with Gasteiger partial charge in [-0.1, -0.05) is 97.1 Å². The van der Waals surface area contributed by atoms with Gasteiger partial charge in [0, 0.05) is 55.4 Å². The van der Waals surface area contributed by atoms with Crippen molar-refractivity contribution in [2.75, 3.05) is 10.6 Å². The molecule has 2 N–H and O–H groups in total. The van der Waals surface area contributed by atoms with E-state index in [1.807, 2.05) is 97.1 Å². The molecule has 10 aromatic rings. The number of nitrogens with zero attached hydrogens (tertiary/aromatic N) is 2. The first-order valence-electron chi connectivity index (χ1n) is 20.5. The molecule has 2 aromatic heterocycles. The van der Waals surface area contributed by atoms with Crippen molar-refractivity contribution in [3.8, 4) is 11.4 Å². The summed E-state index contributed by atoms with van der Waals surface area (Å²) < 4.78 is 94.6. The molecular formula is C53H34F6N4O2. The third kappa shape index (κ3) is 6.85. The lowest BCUT2D eigenvalue weighted by Gasteiger charge is -2.38. The van der Waals surface area contributed by atoms with Crippen molar-refractivity contribution < 1.29 is 35.9 Å². The standard InChI is InChI=1S/C53H34F6N4O2/c54-52(55,56)51(53(57,58)59,35-21-17-33(18-22-35)49(64)60-37-25-29-39(30-26-37)62-45-13-5-1-9-41(45)42-10-2-6-14-46(42)62)36-23-19-34(20-24-36)50(65)61-38-27-31-40(32-28-38)63-47-15-7-3-11-43(47)44-12-4-8-16-48(44)63/h1-32H,(H,60,64)(H,61,65). The van der Waals surface area contributed by atoms with Crippen LogP contribution in [-0.4, -0.2) is 33.3 Å². The van der Waals surface area contributed by atoms with Gasteiger partial charge in [0.1, 0.15) is 0 Å². The Hall–Kier alpha value is -8.12. The van der Waals surface area contributed by atoms with Crippen LogP contribution in [0.25, 0.3) is 55.0 Å². The number of benzene rings is 8. The Morgan fingerprint density at radius 3 is 0.908 bits per heavy atom. The number of anilines is 2. The molecule has 0 saturated carbocycles. The molecule has 0 spiro atoms. The summed E-state index contributed by atoms with van der Waals surface area (Å²) in [6, 6.07) is 52.0. The number of hydrogen-bond donors (Lipinski definition) is 2. The van der Waals surface area contributed by atoms with Crippen LogP contribution in [-0.2, 0) is 5.41 Å². The highest BCUT2D eigenvalue weighted by atomic mass is 19.4. The van der Waals surface area contributed by atoms with Crippen molar-refractivity contribution >= 4 is 66.8 Å². The second-order valence-corrected chi connectivity index (χ2v) is 15.6. The van der Waals surface area contributed by atoms with Crippen LogP contribution in [0, 0.1) is 0 Å². The molecule has 2 amide bonds. The lowest BCUT2D eigenvalue weighted by atomic mass is 9.72. The van der Waals surface area contributed by atoms with E-state index >= 15 is 26.3 Å². The summed E-state index contributed by atoms with van der Waals surface area (Å²) in [6.45, 7) is 0. The maximum atomic E-state index is 15.1. The number of hydrogen-bond acceptors (Lipinski definition) is 2. The number of aromatic nitrogens is 2. The summed E-state index contributed by atoms with van der Waals surface area (Å²) in [7, 11) is 0. The van der Waals surface area contributed by atoms with Crippen molar-refractivity contribution in [2.45, 2.75) is 17.8 Å². The third-order valence-electron chi connectivity index (χ3n) is 11.9. The fourth-order valence-electron chi connectivity index (χ4n) is 8.92. The van der Waals surface area contributed by atoms with E-state index in [2.05, 4.69) is 19.8 Å². The molecule has 0 atom stereocenters. The van der Waals surface area contributed by atoms with Gasteiger partial charge in [-0.05, 0) is 108 Å². The molecule has 320 valence electrons. The largest absolute Gasteiger partial charge is 0.411 e. The zero-order chi connectivity index (χ0) is 45.1. The topological polar surface area (TPSA) is 68.1 Å². The monoisotopic (exact) mass is 872 g/mol. The molecule has 0 fully saturated rings. The number of para-hydroxylation sites is 4. The summed E-state index contributed by atoms with van der Waals surface area (Å²) in [4.78, 5) is 26.6. The minimum atomic E-state index is -5.88. The number of rotatable bonds is 8. The molecular weight excluding hydrogens is 839 g/mol. The Kier molecular flexibility index (Phi) is 9.82. The van der Waals surface area contributed by atoms with E-state index in [-0.39, 0.29) is 11.1 Å². The minimum Gasteiger partial charge on any atom is -0.322 e. The van der Waals surface area contributed by atoms with Crippen LogP contribution < -0.4 is 10.6 Å². The Morgan fingerprint density at radius 1 is 0.354 bits per heavy atom. The molecule has 0 radical (unpaired) electrons. The van der Waals surface area contributed by atoms with E-state index in [1.54, 1.807) is 48.5 Å². The van der Waals surface area contributed by atoms with Gasteiger partial charge in [0.2, 0.25) is 5.41 Å². The van der Waals surface area contributed by atoms with Crippen LogP contribution in [0.1, 0.15) is 31.8 Å². The normalized spacial score (nSPS) is 12.3. The first-order chi connectivity index (χ1) is 31.3. The van der Waals surface area contributed by atoms with E-state index in [0.717, 1.165) is 79.3 Å². The van der Waals surface area contributed by atoms with Crippen LogP contribution in [0.5, 0.6) is 0 Å². The number of halogens is 6. The smallest absolute Gasteiger partial charge is 0.322 e. The lowest BCUT2D eigenvalue weighted by Crippen LogP contribution is -2.54. The van der Waals surface area contributed by atoms with Crippen molar-refractivity contribution in [3.05, 3.63) is 216 Å². The highest BCUT2D eigenvalue weighted by Crippen LogP contribution is 2.56. The van der Waals surface area contributed by atoms with E-state index in [1.165, 1.54) is 0 Å². The number of amides is 2. The Bertz CT molecular complexity index is 3090. The first-order valence-corrected chi connectivity index (χ1v) is 20.5. The summed E-state index contributed by atoms with van der Waals surface area (Å²) in [6.07, 6.45) is -11.8. The van der Waals surface area contributed by atoms with Gasteiger partial charge in [-0.2, -0.15) is 26.3 Å². The minimum absolute atomic E-state index is 0.159. The molecule has 0 saturated heterocycles. The first kappa shape index (κ1) is 40.9. The van der Waals surface area contributed by atoms with Gasteiger partial charge in [0.05, 0.1) is 22.1 Å². The van der Waals surface area contributed by atoms with E-state index < -0.39 is 40.7 Å². The Morgan fingerprint density at radius 2 is 0.631 bits per heavy atom. The molecule has 12 heteroatoms. The number of alkyl halides is 6. The van der Waals surface area contributed by atoms with Gasteiger partial charge in [-0.15, -0.1) is 0 Å². The molecule has 0 unspecified atom stereocenters. The highest BCUT2D eigenvalue weighted by molar-refractivity contribution is 6.10. The molecule has 8 aromatic carbocycles. The quantitative estimate of drug-likeness (QED) is 0.149. The van der Waals surface area contributed by atoms with Gasteiger partial charge in [0.15, 0.2) is 0 Å². The van der Waals surface area contributed by atoms with E-state index in [0.29, 0.717) is 35.6 Å². The molecule has 0 aliphatic heterocycles. The molecule has 65 heavy (non-hydrogen) atoms. The summed E-state index contributed by atoms with van der Waals surface area (Å²) in [5.74, 6) is -1.47. The van der Waals surface area contributed by atoms with Gasteiger partial charge in [-0.3, -0.25) is 9.59 Å². The zero-order valence-electron chi connectivity index (χ0n) is 34.0. The predicted molar refractivity (Wildman–Crippen MR) is 243 cm³/mol. The van der Waals surface area contributed by atoms with Gasteiger partial charge < -0.3 is 19.8 Å². The average molecular weight is 873 g/mol. The molecule has 2 heterocycles. The second kappa shape index (κ2) is 15.6. The van der Waals surface area contributed by atoms with Crippen LogP contribution in [0.2, 0.25) is 0 Å². The molecule has 10 rings (SSSR count). The molecule has 0 bridgehead atoms. The maximum absolute atomic E-state index is 15.1. The number of fused-ring (bicyclic) bond motifs is 6. The van der Waals surface area contributed by atoms with Crippen molar-refractivity contribution in [3.63, 3.8) is 0 Å². The molecule has 0 aliphatic carbocycles. The number of carbonyl (C=O) groups is 2. The maximum Gasteiger partial charge on any atom is 0.411 e. The molecule has 6 nitrogen and oxygen atoms in total. The van der Waals surface area contributed by atoms with Crippen LogP contribution in [0.15, 0.2) is 194 Å². The average Bonchev–Trinajstić information content (AvgIpc) is 3.82. The molecule has 0 aliphatic rings. The van der Waals surface area contributed by atoms with Crippen LogP contribution in [0.3, 0.4) is 0 Å². The summed E-state index contributed by atoms with van der Waals surface area (Å²) in [5, 5.41) is 9.63. The van der Waals surface area contributed by atoms with E-state index in [9.17, 15) is 9.59 Å². The number of nitrogens with one attached hydrogen (secondary N) is 2. The fraction of sp³-hybridized carbons (Fsp3) is 0.0566. The third-order valence-corrected chi connectivity index (χ3v) is 11.9. The fourth-order valence-corrected chi connectivity index (χ4v) is 8.92. The van der Waals surface area contributed by atoms with Crippen molar-refractivity contribution in [1.29, 1.82) is 0 Å². The van der Waals surface area contributed by atoms with Crippen molar-refractivity contribution in [1.82, 2.24) is 9.13 Å². The summed E-state index contributed by atoms with van der Waals surface area (Å²) in [5.41, 5.74) is -0.818.